The van der Waals surface area contributed by atoms with E-state index < -0.39 is 0 Å². The van der Waals surface area contributed by atoms with Crippen LogP contribution in [-0.2, 0) is 13.6 Å². The van der Waals surface area contributed by atoms with E-state index in [1.807, 2.05) is 11.7 Å². The normalized spacial score (nSPS) is 24.1. The third-order valence-corrected chi connectivity index (χ3v) is 3.82. The lowest BCUT2D eigenvalue weighted by Gasteiger charge is -2.15. The number of aliphatic hydroxyl groups is 1. The van der Waals surface area contributed by atoms with Crippen LogP contribution < -0.4 is 5.32 Å². The Hall–Kier alpha value is -0.870. The number of hydrogen-bond acceptors (Lipinski definition) is 3. The maximum atomic E-state index is 9.78. The average Bonchev–Trinajstić information content (AvgIpc) is 2.86. The molecule has 2 N–H and O–H groups in total. The molecule has 0 saturated heterocycles. The first kappa shape index (κ1) is 13.6. The summed E-state index contributed by atoms with van der Waals surface area (Å²) < 4.78 is 1.89. The predicted octanol–water partition coefficient (Wildman–Crippen LogP) is 1.79. The molecule has 1 aromatic heterocycles. The van der Waals surface area contributed by atoms with E-state index in [2.05, 4.69) is 30.5 Å². The van der Waals surface area contributed by atoms with Crippen molar-refractivity contribution in [3.05, 3.63) is 17.5 Å². The molecule has 1 saturated carbocycles. The van der Waals surface area contributed by atoms with Crippen molar-refractivity contribution in [2.24, 2.45) is 13.0 Å². The summed E-state index contributed by atoms with van der Waals surface area (Å²) in [6, 6.07) is 0. The van der Waals surface area contributed by atoms with Gasteiger partial charge in [0.05, 0.1) is 11.8 Å². The molecule has 1 aliphatic carbocycles. The average molecular weight is 251 g/mol. The Kier molecular flexibility index (Phi) is 4.40. The van der Waals surface area contributed by atoms with E-state index in [-0.39, 0.29) is 6.10 Å². The van der Waals surface area contributed by atoms with Crippen LogP contribution in [0.3, 0.4) is 0 Å². The monoisotopic (exact) mass is 251 g/mol. The van der Waals surface area contributed by atoms with Gasteiger partial charge in [-0.05, 0) is 24.7 Å². The third-order valence-electron chi connectivity index (χ3n) is 3.82. The number of rotatable bonds is 5. The zero-order valence-electron chi connectivity index (χ0n) is 11.7. The first-order chi connectivity index (χ1) is 8.58. The van der Waals surface area contributed by atoms with Gasteiger partial charge in [0, 0.05) is 31.9 Å². The standard InChI is InChI=1S/C14H25N3O/c1-10(2)14-12(9-17(3)16-14)8-15-7-11-5-4-6-13(11)18/h9-11,13,15,18H,4-8H2,1-3H3. The highest BCUT2D eigenvalue weighted by molar-refractivity contribution is 5.19. The molecule has 102 valence electrons. The SMILES string of the molecule is CC(C)c1nn(C)cc1CNCC1CCCC1O. The number of hydrogen-bond donors (Lipinski definition) is 2. The van der Waals surface area contributed by atoms with Crippen LogP contribution in [0.1, 0.15) is 50.3 Å². The highest BCUT2D eigenvalue weighted by Crippen LogP contribution is 2.25. The van der Waals surface area contributed by atoms with Gasteiger partial charge >= 0.3 is 0 Å². The molecule has 0 amide bonds. The summed E-state index contributed by atoms with van der Waals surface area (Å²) in [5.41, 5.74) is 2.46. The summed E-state index contributed by atoms with van der Waals surface area (Å²) in [6.45, 7) is 6.11. The van der Waals surface area contributed by atoms with Crippen LogP contribution in [-0.4, -0.2) is 27.5 Å². The minimum absolute atomic E-state index is 0.101. The van der Waals surface area contributed by atoms with Crippen LogP contribution in [0.15, 0.2) is 6.20 Å². The van der Waals surface area contributed by atoms with Crippen molar-refractivity contribution in [3.8, 4) is 0 Å². The van der Waals surface area contributed by atoms with Gasteiger partial charge in [0.1, 0.15) is 0 Å². The highest BCUT2D eigenvalue weighted by atomic mass is 16.3. The maximum absolute atomic E-state index is 9.78. The van der Waals surface area contributed by atoms with E-state index in [1.54, 1.807) is 0 Å². The van der Waals surface area contributed by atoms with Gasteiger partial charge in [-0.1, -0.05) is 20.3 Å². The fraction of sp³-hybridized carbons (Fsp3) is 0.786. The second-order valence-corrected chi connectivity index (χ2v) is 5.76. The van der Waals surface area contributed by atoms with Gasteiger partial charge in [-0.2, -0.15) is 5.10 Å². The fourth-order valence-electron chi connectivity index (χ4n) is 2.82. The van der Waals surface area contributed by atoms with Crippen LogP contribution in [0.25, 0.3) is 0 Å². The number of aliphatic hydroxyl groups excluding tert-OH is 1. The van der Waals surface area contributed by atoms with Gasteiger partial charge in [-0.3, -0.25) is 4.68 Å². The Morgan fingerprint density at radius 2 is 2.28 bits per heavy atom. The second kappa shape index (κ2) is 5.85. The van der Waals surface area contributed by atoms with Crippen LogP contribution in [0.2, 0.25) is 0 Å². The maximum Gasteiger partial charge on any atom is 0.0694 e. The van der Waals surface area contributed by atoms with E-state index in [9.17, 15) is 5.11 Å². The molecule has 1 fully saturated rings. The Morgan fingerprint density at radius 1 is 1.50 bits per heavy atom. The summed E-state index contributed by atoms with van der Waals surface area (Å²) in [6.07, 6.45) is 5.27. The second-order valence-electron chi connectivity index (χ2n) is 5.76. The molecule has 2 atom stereocenters. The van der Waals surface area contributed by atoms with Gasteiger partial charge in [0.15, 0.2) is 0 Å². The summed E-state index contributed by atoms with van der Waals surface area (Å²) in [4.78, 5) is 0. The lowest BCUT2D eigenvalue weighted by molar-refractivity contribution is 0.131. The Bertz CT molecular complexity index is 386. The van der Waals surface area contributed by atoms with E-state index in [1.165, 1.54) is 11.3 Å². The van der Waals surface area contributed by atoms with Gasteiger partial charge in [0.2, 0.25) is 0 Å². The van der Waals surface area contributed by atoms with Gasteiger partial charge in [0.25, 0.3) is 0 Å². The van der Waals surface area contributed by atoms with Gasteiger partial charge in [-0.15, -0.1) is 0 Å². The van der Waals surface area contributed by atoms with Gasteiger partial charge < -0.3 is 10.4 Å². The Balaban J connectivity index is 1.86. The molecular weight excluding hydrogens is 226 g/mol. The minimum atomic E-state index is -0.101. The molecule has 0 aromatic carbocycles. The number of nitrogens with one attached hydrogen (secondary N) is 1. The Morgan fingerprint density at radius 3 is 2.89 bits per heavy atom. The summed E-state index contributed by atoms with van der Waals surface area (Å²) in [5, 5.41) is 17.7. The summed E-state index contributed by atoms with van der Waals surface area (Å²) >= 11 is 0. The van der Waals surface area contributed by atoms with Crippen LogP contribution in [0, 0.1) is 5.92 Å². The minimum Gasteiger partial charge on any atom is -0.393 e. The largest absolute Gasteiger partial charge is 0.393 e. The molecule has 18 heavy (non-hydrogen) atoms. The van der Waals surface area contributed by atoms with Crippen molar-refractivity contribution in [3.63, 3.8) is 0 Å². The third kappa shape index (κ3) is 3.12. The molecule has 4 nitrogen and oxygen atoms in total. The number of aromatic nitrogens is 2. The summed E-state index contributed by atoms with van der Waals surface area (Å²) in [5.74, 6) is 0.893. The van der Waals surface area contributed by atoms with Crippen molar-refractivity contribution in [1.29, 1.82) is 0 Å². The quantitative estimate of drug-likeness (QED) is 0.839. The van der Waals surface area contributed by atoms with E-state index in [0.29, 0.717) is 11.8 Å². The van der Waals surface area contributed by atoms with Crippen molar-refractivity contribution in [2.45, 2.75) is 51.7 Å². The predicted molar refractivity (Wildman–Crippen MR) is 72.4 cm³/mol. The molecule has 0 radical (unpaired) electrons. The van der Waals surface area contributed by atoms with E-state index in [0.717, 1.165) is 32.4 Å². The van der Waals surface area contributed by atoms with E-state index >= 15 is 0 Å². The van der Waals surface area contributed by atoms with Gasteiger partial charge in [-0.25, -0.2) is 0 Å². The smallest absolute Gasteiger partial charge is 0.0694 e. The topological polar surface area (TPSA) is 50.1 Å². The first-order valence-corrected chi connectivity index (χ1v) is 6.99. The molecule has 4 heteroatoms. The molecule has 2 rings (SSSR count). The van der Waals surface area contributed by atoms with Crippen molar-refractivity contribution >= 4 is 0 Å². The lowest BCUT2D eigenvalue weighted by Crippen LogP contribution is -2.27. The van der Waals surface area contributed by atoms with E-state index in [4.69, 9.17) is 0 Å². The molecule has 1 aliphatic rings. The molecule has 1 heterocycles. The number of nitrogens with zero attached hydrogens (tertiary/aromatic N) is 2. The molecule has 0 bridgehead atoms. The molecule has 0 spiro atoms. The van der Waals surface area contributed by atoms with Crippen molar-refractivity contribution < 1.29 is 5.11 Å². The lowest BCUT2D eigenvalue weighted by atomic mass is 10.0. The number of aryl methyl sites for hydroxylation is 1. The van der Waals surface area contributed by atoms with Crippen molar-refractivity contribution in [2.75, 3.05) is 6.54 Å². The van der Waals surface area contributed by atoms with Crippen LogP contribution >= 0.6 is 0 Å². The fourth-order valence-corrected chi connectivity index (χ4v) is 2.82. The molecule has 2 unspecified atom stereocenters. The molecular formula is C14H25N3O. The molecule has 1 aromatic rings. The first-order valence-electron chi connectivity index (χ1n) is 6.99. The molecule has 0 aliphatic heterocycles. The zero-order chi connectivity index (χ0) is 13.1. The highest BCUT2D eigenvalue weighted by Gasteiger charge is 2.24. The van der Waals surface area contributed by atoms with Crippen LogP contribution in [0.5, 0.6) is 0 Å². The zero-order valence-corrected chi connectivity index (χ0v) is 11.7. The van der Waals surface area contributed by atoms with Crippen molar-refractivity contribution in [1.82, 2.24) is 15.1 Å². The van der Waals surface area contributed by atoms with Crippen LogP contribution in [0.4, 0.5) is 0 Å². The Labute approximate surface area is 109 Å². The summed E-state index contributed by atoms with van der Waals surface area (Å²) in [7, 11) is 1.97.